The van der Waals surface area contributed by atoms with Gasteiger partial charge in [0.25, 0.3) is 0 Å². The maximum Gasteiger partial charge on any atom is 0.143 e. The number of aromatic nitrogens is 2. The van der Waals surface area contributed by atoms with Gasteiger partial charge in [-0.3, -0.25) is 0 Å². The van der Waals surface area contributed by atoms with E-state index >= 15 is 0 Å². The molecular weight excluding hydrogens is 320 g/mol. The van der Waals surface area contributed by atoms with Crippen LogP contribution < -0.4 is 9.47 Å². The highest BCUT2D eigenvalue weighted by Gasteiger charge is 2.33. The molecule has 3 rings (SSSR count). The van der Waals surface area contributed by atoms with Crippen LogP contribution >= 0.6 is 0 Å². The lowest BCUT2D eigenvalue weighted by Crippen LogP contribution is -2.37. The largest absolute Gasteiger partial charge is 0.496 e. The van der Waals surface area contributed by atoms with Crippen LogP contribution in [-0.2, 0) is 11.3 Å². The third-order valence-corrected chi connectivity index (χ3v) is 5.13. The Hall–Kier alpha value is -2.05. The summed E-state index contributed by atoms with van der Waals surface area (Å²) < 4.78 is 18.6. The van der Waals surface area contributed by atoms with E-state index in [2.05, 4.69) is 9.55 Å². The van der Waals surface area contributed by atoms with Crippen molar-refractivity contribution in [3.05, 3.63) is 30.1 Å². The summed E-state index contributed by atoms with van der Waals surface area (Å²) >= 11 is 0. The number of nitrogens with zero attached hydrogens (tertiary/aromatic N) is 2. The molecule has 0 atom stereocenters. The Morgan fingerprint density at radius 1 is 1.24 bits per heavy atom. The molecule has 0 saturated carbocycles. The maximum atomic E-state index is 9.98. The van der Waals surface area contributed by atoms with E-state index in [-0.39, 0.29) is 12.0 Å². The number of aliphatic hydroxyl groups is 1. The van der Waals surface area contributed by atoms with Crippen LogP contribution in [0.2, 0.25) is 0 Å². The van der Waals surface area contributed by atoms with E-state index in [9.17, 15) is 5.11 Å². The zero-order valence-electron chi connectivity index (χ0n) is 15.1. The first-order chi connectivity index (χ1) is 12.1. The fourth-order valence-corrected chi connectivity index (χ4v) is 3.55. The van der Waals surface area contributed by atoms with Gasteiger partial charge in [-0.2, -0.15) is 0 Å². The molecule has 25 heavy (non-hydrogen) atoms. The molecule has 0 radical (unpaired) electrons. The third kappa shape index (κ3) is 3.37. The molecule has 0 spiro atoms. The molecule has 1 aliphatic heterocycles. The number of benzene rings is 1. The lowest BCUT2D eigenvalue weighted by molar-refractivity contribution is -0.0250. The summed E-state index contributed by atoms with van der Waals surface area (Å²) in [5, 5.41) is 9.98. The average Bonchev–Trinajstić information content (AvgIpc) is 3.09. The molecule has 0 aliphatic carbocycles. The summed E-state index contributed by atoms with van der Waals surface area (Å²) in [7, 11) is 3.31. The van der Waals surface area contributed by atoms with E-state index in [1.807, 2.05) is 25.3 Å². The topological polar surface area (TPSA) is 65.7 Å². The molecular formula is C19H26N2O4. The Balaban J connectivity index is 1.98. The second-order valence-electron chi connectivity index (χ2n) is 6.62. The van der Waals surface area contributed by atoms with E-state index in [1.165, 1.54) is 0 Å². The van der Waals surface area contributed by atoms with Gasteiger partial charge >= 0.3 is 0 Å². The molecule has 0 amide bonds. The highest BCUT2D eigenvalue weighted by molar-refractivity contribution is 5.69. The summed E-state index contributed by atoms with van der Waals surface area (Å²) in [5.74, 6) is 2.38. The van der Waals surface area contributed by atoms with E-state index in [0.717, 1.165) is 41.3 Å². The van der Waals surface area contributed by atoms with Crippen LogP contribution in [0.25, 0.3) is 11.4 Å². The predicted molar refractivity (Wildman–Crippen MR) is 95.1 cm³/mol. The quantitative estimate of drug-likeness (QED) is 0.871. The van der Waals surface area contributed by atoms with Crippen molar-refractivity contribution in [2.75, 3.05) is 34.0 Å². The van der Waals surface area contributed by atoms with Crippen LogP contribution in [-0.4, -0.2) is 48.7 Å². The van der Waals surface area contributed by atoms with Gasteiger partial charge in [0, 0.05) is 43.1 Å². The minimum Gasteiger partial charge on any atom is -0.496 e. The van der Waals surface area contributed by atoms with Gasteiger partial charge in [0.2, 0.25) is 0 Å². The SMILES string of the molecule is COc1ccc(-c2nccn2CC2(CO)CCOCC2)c(OC)c1C. The van der Waals surface area contributed by atoms with Gasteiger partial charge in [0.15, 0.2) is 0 Å². The molecule has 0 unspecified atom stereocenters. The van der Waals surface area contributed by atoms with Crippen LogP contribution in [0.15, 0.2) is 24.5 Å². The van der Waals surface area contributed by atoms with E-state index in [0.29, 0.717) is 19.8 Å². The zero-order valence-corrected chi connectivity index (χ0v) is 15.1. The van der Waals surface area contributed by atoms with Gasteiger partial charge in [-0.05, 0) is 31.9 Å². The van der Waals surface area contributed by atoms with Crippen LogP contribution in [0.1, 0.15) is 18.4 Å². The molecule has 1 aromatic carbocycles. The molecule has 136 valence electrons. The Morgan fingerprint density at radius 3 is 2.64 bits per heavy atom. The summed E-state index contributed by atoms with van der Waals surface area (Å²) in [6, 6.07) is 3.90. The van der Waals surface area contributed by atoms with Crippen molar-refractivity contribution in [2.45, 2.75) is 26.3 Å². The number of methoxy groups -OCH3 is 2. The van der Waals surface area contributed by atoms with Crippen LogP contribution in [0.3, 0.4) is 0 Å². The molecule has 1 aromatic heterocycles. The van der Waals surface area contributed by atoms with Gasteiger partial charge in [-0.15, -0.1) is 0 Å². The molecule has 1 fully saturated rings. The molecule has 6 nitrogen and oxygen atoms in total. The van der Waals surface area contributed by atoms with E-state index in [4.69, 9.17) is 14.2 Å². The van der Waals surface area contributed by atoms with Gasteiger partial charge in [0.05, 0.1) is 26.4 Å². The van der Waals surface area contributed by atoms with Crippen molar-refractivity contribution in [1.82, 2.24) is 9.55 Å². The summed E-state index contributed by atoms with van der Waals surface area (Å²) in [6.45, 7) is 4.20. The number of hydrogen-bond acceptors (Lipinski definition) is 5. The first kappa shape index (κ1) is 17.8. The van der Waals surface area contributed by atoms with Crippen molar-refractivity contribution >= 4 is 0 Å². The van der Waals surface area contributed by atoms with Gasteiger partial charge in [-0.25, -0.2) is 4.98 Å². The summed E-state index contributed by atoms with van der Waals surface area (Å²) in [6.07, 6.45) is 5.44. The fourth-order valence-electron chi connectivity index (χ4n) is 3.55. The first-order valence-electron chi connectivity index (χ1n) is 8.56. The van der Waals surface area contributed by atoms with Gasteiger partial charge < -0.3 is 23.9 Å². The number of rotatable bonds is 6. The summed E-state index contributed by atoms with van der Waals surface area (Å²) in [4.78, 5) is 4.55. The lowest BCUT2D eigenvalue weighted by Gasteiger charge is -2.36. The lowest BCUT2D eigenvalue weighted by atomic mass is 9.81. The van der Waals surface area contributed by atoms with Crippen molar-refractivity contribution in [3.8, 4) is 22.9 Å². The molecule has 6 heteroatoms. The minimum atomic E-state index is -0.164. The average molecular weight is 346 g/mol. The van der Waals surface area contributed by atoms with Crippen molar-refractivity contribution in [3.63, 3.8) is 0 Å². The Morgan fingerprint density at radius 2 is 2.00 bits per heavy atom. The third-order valence-electron chi connectivity index (χ3n) is 5.13. The van der Waals surface area contributed by atoms with Gasteiger partial charge in [-0.1, -0.05) is 0 Å². The predicted octanol–water partition coefficient (Wildman–Crippen LogP) is 2.66. The van der Waals surface area contributed by atoms with E-state index < -0.39 is 0 Å². The summed E-state index contributed by atoms with van der Waals surface area (Å²) in [5.41, 5.74) is 1.70. The number of imidazole rings is 1. The van der Waals surface area contributed by atoms with E-state index in [1.54, 1.807) is 20.4 Å². The highest BCUT2D eigenvalue weighted by atomic mass is 16.5. The van der Waals surface area contributed by atoms with Crippen LogP contribution in [0, 0.1) is 12.3 Å². The zero-order chi connectivity index (χ0) is 17.9. The van der Waals surface area contributed by atoms with Crippen molar-refractivity contribution in [1.29, 1.82) is 0 Å². The van der Waals surface area contributed by atoms with Crippen LogP contribution in [0.4, 0.5) is 0 Å². The standard InChI is InChI=1S/C19H26N2O4/c1-14-16(23-2)5-4-15(17(14)24-3)18-20-8-9-21(18)12-19(13-22)6-10-25-11-7-19/h4-5,8-9,22H,6-7,10-13H2,1-3H3. The molecule has 1 N–H and O–H groups in total. The number of hydrogen-bond donors (Lipinski definition) is 1. The monoisotopic (exact) mass is 346 g/mol. The molecule has 2 aromatic rings. The highest BCUT2D eigenvalue weighted by Crippen LogP contribution is 2.39. The molecule has 1 aliphatic rings. The van der Waals surface area contributed by atoms with Gasteiger partial charge in [0.1, 0.15) is 17.3 Å². The maximum absolute atomic E-state index is 9.98. The molecule has 2 heterocycles. The Bertz CT molecular complexity index is 720. The Kier molecular flexibility index (Phi) is 5.30. The smallest absolute Gasteiger partial charge is 0.143 e. The normalized spacial score (nSPS) is 16.6. The number of aliphatic hydroxyl groups excluding tert-OH is 1. The van der Waals surface area contributed by atoms with Crippen molar-refractivity contribution in [2.24, 2.45) is 5.41 Å². The van der Waals surface area contributed by atoms with Crippen LogP contribution in [0.5, 0.6) is 11.5 Å². The number of ether oxygens (including phenoxy) is 3. The second kappa shape index (κ2) is 7.45. The Labute approximate surface area is 148 Å². The second-order valence-corrected chi connectivity index (χ2v) is 6.62. The van der Waals surface area contributed by atoms with Crippen molar-refractivity contribution < 1.29 is 19.3 Å². The minimum absolute atomic E-state index is 0.146. The molecule has 0 bridgehead atoms. The molecule has 1 saturated heterocycles. The fraction of sp³-hybridized carbons (Fsp3) is 0.526. The first-order valence-corrected chi connectivity index (χ1v) is 8.56.